The van der Waals surface area contributed by atoms with Gasteiger partial charge in [0, 0.05) is 23.9 Å². The van der Waals surface area contributed by atoms with Crippen molar-refractivity contribution in [3.05, 3.63) is 39.8 Å². The highest BCUT2D eigenvalue weighted by Crippen LogP contribution is 2.37. The molecule has 9 nitrogen and oxygen atoms in total. The fraction of sp³-hybridized carbons (Fsp3) is 0.409. The fourth-order valence-corrected chi connectivity index (χ4v) is 5.51. The summed E-state index contributed by atoms with van der Waals surface area (Å²) in [5.41, 5.74) is 0.806. The molecule has 1 aromatic carbocycles. The molecule has 186 valence electrons. The van der Waals surface area contributed by atoms with Gasteiger partial charge in [-0.2, -0.15) is 4.98 Å². The largest absolute Gasteiger partial charge is 0.480 e. The van der Waals surface area contributed by atoms with Crippen molar-refractivity contribution in [1.82, 2.24) is 14.5 Å². The van der Waals surface area contributed by atoms with Crippen LogP contribution in [-0.2, 0) is 7.05 Å². The van der Waals surface area contributed by atoms with Crippen molar-refractivity contribution in [3.8, 4) is 5.75 Å². The maximum absolute atomic E-state index is 14.0. The second-order valence-electron chi connectivity index (χ2n) is 8.37. The predicted octanol–water partition coefficient (Wildman–Crippen LogP) is 3.77. The van der Waals surface area contributed by atoms with Crippen molar-refractivity contribution in [2.24, 2.45) is 7.05 Å². The molecule has 2 unspecified atom stereocenters. The van der Waals surface area contributed by atoms with Gasteiger partial charge < -0.3 is 29.9 Å². The van der Waals surface area contributed by atoms with Gasteiger partial charge in [-0.3, -0.25) is 4.79 Å². The molecule has 2 aliphatic heterocycles. The number of halogens is 3. The van der Waals surface area contributed by atoms with Gasteiger partial charge in [0.15, 0.2) is 12.4 Å². The topological polar surface area (TPSA) is 105 Å². The molecule has 0 radical (unpaired) electrons. The molecule has 3 aromatic rings. The third-order valence-electron chi connectivity index (χ3n) is 5.95. The standard InChI is InChI=1S/C22H23ClF2N6O3S/c1-3-16-31(15(32)8-35-16)21-26-7-13(23)19(29-21)28-11-4-5-14-12(6-11)17-18(20(33)30(14)2)34-10-22(24,25)9-27-17/h4-7,15-16,27,32H,3,8-10H2,1-2H3,(H,26,28,29). The van der Waals surface area contributed by atoms with E-state index >= 15 is 0 Å². The van der Waals surface area contributed by atoms with E-state index in [0.29, 0.717) is 34.1 Å². The Bertz CT molecular complexity index is 1360. The highest BCUT2D eigenvalue weighted by atomic mass is 35.5. The number of fused-ring (bicyclic) bond motifs is 3. The van der Waals surface area contributed by atoms with E-state index in [2.05, 4.69) is 20.6 Å². The number of hydrogen-bond donors (Lipinski definition) is 3. The van der Waals surface area contributed by atoms with Crippen molar-refractivity contribution >= 4 is 57.4 Å². The molecule has 0 saturated carbocycles. The molecule has 4 heterocycles. The predicted molar refractivity (Wildman–Crippen MR) is 133 cm³/mol. The van der Waals surface area contributed by atoms with E-state index in [9.17, 15) is 18.7 Å². The van der Waals surface area contributed by atoms with Crippen LogP contribution in [0.5, 0.6) is 5.75 Å². The van der Waals surface area contributed by atoms with E-state index in [-0.39, 0.29) is 21.8 Å². The molecule has 2 aliphatic rings. The minimum Gasteiger partial charge on any atom is -0.480 e. The molecule has 2 aromatic heterocycles. The quantitative estimate of drug-likeness (QED) is 0.470. The zero-order valence-electron chi connectivity index (χ0n) is 18.9. The van der Waals surface area contributed by atoms with E-state index in [1.54, 1.807) is 41.9 Å². The van der Waals surface area contributed by atoms with E-state index in [4.69, 9.17) is 16.3 Å². The van der Waals surface area contributed by atoms with Gasteiger partial charge in [-0.15, -0.1) is 11.8 Å². The number of aromatic nitrogens is 3. The zero-order valence-corrected chi connectivity index (χ0v) is 20.5. The maximum atomic E-state index is 14.0. The molecule has 1 saturated heterocycles. The minimum absolute atomic E-state index is 0.0423. The number of ether oxygens (including phenoxy) is 1. The number of thioether (sulfide) groups is 1. The SMILES string of the molecule is CCC1SCC(O)N1c1ncc(Cl)c(Nc2ccc3c(c2)c2c(c(=O)n3C)OCC(F)(F)CN2)n1. The second kappa shape index (κ2) is 8.99. The van der Waals surface area contributed by atoms with Crippen LogP contribution in [0.3, 0.4) is 0 Å². The molecule has 0 spiro atoms. The molecule has 0 bridgehead atoms. The van der Waals surface area contributed by atoms with Gasteiger partial charge in [-0.1, -0.05) is 18.5 Å². The number of alkyl halides is 2. The highest BCUT2D eigenvalue weighted by Gasteiger charge is 2.35. The lowest BCUT2D eigenvalue weighted by atomic mass is 10.1. The fourth-order valence-electron chi connectivity index (χ4n) is 4.19. The summed E-state index contributed by atoms with van der Waals surface area (Å²) >= 11 is 7.99. The molecule has 1 fully saturated rings. The van der Waals surface area contributed by atoms with Gasteiger partial charge in [-0.25, -0.2) is 13.8 Å². The van der Waals surface area contributed by atoms with E-state index < -0.39 is 30.9 Å². The molecule has 0 amide bonds. The number of aryl methyl sites for hydroxylation is 1. The summed E-state index contributed by atoms with van der Waals surface area (Å²) in [6, 6.07) is 5.14. The third kappa shape index (κ3) is 4.34. The van der Waals surface area contributed by atoms with Crippen LogP contribution in [0.15, 0.2) is 29.2 Å². The number of nitrogens with one attached hydrogen (secondary N) is 2. The number of hydrogen-bond acceptors (Lipinski definition) is 9. The van der Waals surface area contributed by atoms with Crippen molar-refractivity contribution < 1.29 is 18.6 Å². The summed E-state index contributed by atoms with van der Waals surface area (Å²) in [4.78, 5) is 23.3. The van der Waals surface area contributed by atoms with Crippen LogP contribution in [0.2, 0.25) is 5.02 Å². The molecule has 3 N–H and O–H groups in total. The molecular formula is C22H23ClF2N6O3S. The number of benzene rings is 1. The number of nitrogens with zero attached hydrogens (tertiary/aromatic N) is 4. The molecule has 13 heteroatoms. The second-order valence-corrected chi connectivity index (χ2v) is 9.99. The lowest BCUT2D eigenvalue weighted by Crippen LogP contribution is -2.37. The first-order valence-corrected chi connectivity index (χ1v) is 12.4. The van der Waals surface area contributed by atoms with Gasteiger partial charge in [-0.05, 0) is 24.6 Å². The first-order valence-electron chi connectivity index (χ1n) is 11.0. The van der Waals surface area contributed by atoms with Crippen molar-refractivity contribution in [2.45, 2.75) is 30.9 Å². The lowest BCUT2D eigenvalue weighted by Gasteiger charge is -2.26. The summed E-state index contributed by atoms with van der Waals surface area (Å²) in [5, 5.41) is 17.1. The third-order valence-corrected chi connectivity index (χ3v) is 7.66. The normalized spacial score (nSPS) is 21.3. The van der Waals surface area contributed by atoms with Crippen molar-refractivity contribution in [3.63, 3.8) is 0 Å². The van der Waals surface area contributed by atoms with Crippen LogP contribution >= 0.6 is 23.4 Å². The van der Waals surface area contributed by atoms with Crippen LogP contribution < -0.4 is 25.8 Å². The van der Waals surface area contributed by atoms with Gasteiger partial charge >= 0.3 is 0 Å². The van der Waals surface area contributed by atoms with Gasteiger partial charge in [0.05, 0.1) is 29.3 Å². The van der Waals surface area contributed by atoms with Crippen molar-refractivity contribution in [2.75, 3.05) is 34.4 Å². The Morgan fingerprint density at radius 2 is 2.23 bits per heavy atom. The lowest BCUT2D eigenvalue weighted by molar-refractivity contribution is -0.0251. The first-order chi connectivity index (χ1) is 16.7. The summed E-state index contributed by atoms with van der Waals surface area (Å²) in [6.07, 6.45) is 1.56. The van der Waals surface area contributed by atoms with Crippen molar-refractivity contribution in [1.29, 1.82) is 0 Å². The van der Waals surface area contributed by atoms with E-state index in [1.807, 2.05) is 6.92 Å². The van der Waals surface area contributed by atoms with E-state index in [0.717, 1.165) is 6.42 Å². The van der Waals surface area contributed by atoms with Gasteiger partial charge in [0.2, 0.25) is 11.7 Å². The first kappa shape index (κ1) is 23.9. The number of pyridine rings is 1. The van der Waals surface area contributed by atoms with Crippen LogP contribution in [0.1, 0.15) is 13.3 Å². The summed E-state index contributed by atoms with van der Waals surface area (Å²) in [7, 11) is 1.56. The average molecular weight is 525 g/mol. The van der Waals surface area contributed by atoms with Gasteiger partial charge in [0.25, 0.3) is 11.5 Å². The van der Waals surface area contributed by atoms with Crippen LogP contribution in [0.25, 0.3) is 10.9 Å². The summed E-state index contributed by atoms with van der Waals surface area (Å²) < 4.78 is 34.5. The molecule has 5 rings (SSSR count). The monoisotopic (exact) mass is 524 g/mol. The summed E-state index contributed by atoms with van der Waals surface area (Å²) in [5.74, 6) is -2.05. The Kier molecular flexibility index (Phi) is 6.14. The Morgan fingerprint density at radius 1 is 1.43 bits per heavy atom. The van der Waals surface area contributed by atoms with Crippen LogP contribution in [0, 0.1) is 0 Å². The Labute approximate surface area is 208 Å². The Balaban J connectivity index is 1.54. The van der Waals surface area contributed by atoms with E-state index in [1.165, 1.54) is 10.8 Å². The minimum atomic E-state index is -3.12. The number of aliphatic hydroxyl groups excluding tert-OH is 1. The molecular weight excluding hydrogens is 502 g/mol. The zero-order chi connectivity index (χ0) is 24.9. The summed E-state index contributed by atoms with van der Waals surface area (Å²) in [6.45, 7) is 0.483. The smallest absolute Gasteiger partial charge is 0.298 e. The molecule has 0 aliphatic carbocycles. The highest BCUT2D eigenvalue weighted by molar-refractivity contribution is 8.00. The number of anilines is 4. The number of aliphatic hydroxyl groups is 1. The Morgan fingerprint density at radius 3 is 3.00 bits per heavy atom. The average Bonchev–Trinajstić information content (AvgIpc) is 3.12. The van der Waals surface area contributed by atoms with Crippen LogP contribution in [-0.4, -0.2) is 56.1 Å². The Hall–Kier alpha value is -2.83. The maximum Gasteiger partial charge on any atom is 0.298 e. The van der Waals surface area contributed by atoms with Crippen LogP contribution in [0.4, 0.5) is 31.9 Å². The molecule has 35 heavy (non-hydrogen) atoms. The molecule has 2 atom stereocenters. The number of rotatable bonds is 4. The van der Waals surface area contributed by atoms with Gasteiger partial charge in [0.1, 0.15) is 11.3 Å².